The van der Waals surface area contributed by atoms with Crippen LogP contribution in [-0.4, -0.2) is 64.1 Å². The summed E-state index contributed by atoms with van der Waals surface area (Å²) in [4.78, 5) is 28.6. The Kier molecular flexibility index (Phi) is 6.47. The van der Waals surface area contributed by atoms with Gasteiger partial charge in [0.15, 0.2) is 5.69 Å². The van der Waals surface area contributed by atoms with Gasteiger partial charge in [-0.25, -0.2) is 4.68 Å². The van der Waals surface area contributed by atoms with Gasteiger partial charge in [0.1, 0.15) is 17.2 Å². The predicted molar refractivity (Wildman–Crippen MR) is 138 cm³/mol. The van der Waals surface area contributed by atoms with Crippen molar-refractivity contribution in [3.8, 4) is 17.2 Å². The van der Waals surface area contributed by atoms with E-state index in [2.05, 4.69) is 16.8 Å². The number of primary amides is 1. The standard InChI is InChI=1S/C27H30N6O3/c1-3-23(34)32-16-14-31(15-17-32)21-12-13-29-25-24(21)30-33(26(25)27(28)35)19-8-10-20(11-9-19)36-22-7-5-4-6-18(22)2/h3-11,21,29H,1,12-17H2,2H3,(H2,28,35)/t21-/m0/s1. The maximum Gasteiger partial charge on any atom is 0.269 e. The number of nitrogens with two attached hydrogens (primary N) is 1. The van der Waals surface area contributed by atoms with Gasteiger partial charge in [-0.3, -0.25) is 14.5 Å². The smallest absolute Gasteiger partial charge is 0.269 e. The topological polar surface area (TPSA) is 106 Å². The third-order valence-corrected chi connectivity index (χ3v) is 6.83. The zero-order valence-corrected chi connectivity index (χ0v) is 20.3. The van der Waals surface area contributed by atoms with E-state index >= 15 is 0 Å². The first-order valence-electron chi connectivity index (χ1n) is 12.1. The molecule has 0 radical (unpaired) electrons. The lowest BCUT2D eigenvalue weighted by Crippen LogP contribution is -2.50. The molecule has 0 spiro atoms. The molecule has 2 amide bonds. The Labute approximate surface area is 210 Å². The van der Waals surface area contributed by atoms with E-state index in [-0.39, 0.29) is 11.9 Å². The Bertz CT molecular complexity index is 1290. The fourth-order valence-corrected chi connectivity index (χ4v) is 4.92. The van der Waals surface area contributed by atoms with E-state index in [1.165, 1.54) is 6.08 Å². The molecule has 3 aromatic rings. The van der Waals surface area contributed by atoms with Crippen molar-refractivity contribution in [3.05, 3.63) is 78.1 Å². The van der Waals surface area contributed by atoms with Crippen molar-refractivity contribution in [2.45, 2.75) is 19.4 Å². The molecule has 3 heterocycles. The highest BCUT2D eigenvalue weighted by atomic mass is 16.5. The van der Waals surface area contributed by atoms with Crippen LogP contribution in [0, 0.1) is 6.92 Å². The third kappa shape index (κ3) is 4.45. The minimum atomic E-state index is -0.543. The molecule has 0 aliphatic carbocycles. The molecule has 0 bridgehead atoms. The van der Waals surface area contributed by atoms with Crippen LogP contribution in [0.5, 0.6) is 11.5 Å². The molecule has 2 aliphatic heterocycles. The van der Waals surface area contributed by atoms with Crippen LogP contribution < -0.4 is 15.8 Å². The zero-order valence-electron chi connectivity index (χ0n) is 20.3. The van der Waals surface area contributed by atoms with Crippen molar-refractivity contribution in [2.24, 2.45) is 5.73 Å². The average molecular weight is 487 g/mol. The highest BCUT2D eigenvalue weighted by molar-refractivity contribution is 5.98. The monoisotopic (exact) mass is 486 g/mol. The van der Waals surface area contributed by atoms with Gasteiger partial charge in [0.05, 0.1) is 17.4 Å². The van der Waals surface area contributed by atoms with Gasteiger partial charge in [-0.1, -0.05) is 24.8 Å². The van der Waals surface area contributed by atoms with Crippen molar-refractivity contribution in [3.63, 3.8) is 0 Å². The van der Waals surface area contributed by atoms with Crippen molar-refractivity contribution >= 4 is 17.5 Å². The predicted octanol–water partition coefficient (Wildman–Crippen LogP) is 3.26. The van der Waals surface area contributed by atoms with E-state index in [1.807, 2.05) is 55.5 Å². The highest BCUT2D eigenvalue weighted by Crippen LogP contribution is 2.37. The summed E-state index contributed by atoms with van der Waals surface area (Å²) >= 11 is 0. The molecule has 0 saturated carbocycles. The first-order valence-corrected chi connectivity index (χ1v) is 12.1. The number of anilines is 1. The highest BCUT2D eigenvalue weighted by Gasteiger charge is 2.35. The minimum absolute atomic E-state index is 0.0326. The Hall–Kier alpha value is -4.11. The fourth-order valence-electron chi connectivity index (χ4n) is 4.92. The van der Waals surface area contributed by atoms with E-state index in [1.54, 1.807) is 9.58 Å². The Balaban J connectivity index is 1.41. The van der Waals surface area contributed by atoms with E-state index in [9.17, 15) is 9.59 Å². The normalized spacial score (nSPS) is 17.7. The summed E-state index contributed by atoms with van der Waals surface area (Å²) in [7, 11) is 0. The molecule has 3 N–H and O–H groups in total. The molecular formula is C27H30N6O3. The third-order valence-electron chi connectivity index (χ3n) is 6.83. The molecule has 1 saturated heterocycles. The number of amides is 2. The number of rotatable bonds is 6. The van der Waals surface area contributed by atoms with Crippen LogP contribution in [0.15, 0.2) is 61.2 Å². The minimum Gasteiger partial charge on any atom is -0.457 e. The Morgan fingerprint density at radius 3 is 2.50 bits per heavy atom. The van der Waals surface area contributed by atoms with Crippen LogP contribution in [0.25, 0.3) is 5.69 Å². The van der Waals surface area contributed by atoms with E-state index in [0.29, 0.717) is 36.8 Å². The van der Waals surface area contributed by atoms with Gasteiger partial charge in [0.2, 0.25) is 5.91 Å². The average Bonchev–Trinajstić information content (AvgIpc) is 3.30. The fraction of sp³-hybridized carbons (Fsp3) is 0.296. The second-order valence-corrected chi connectivity index (χ2v) is 9.04. The summed E-state index contributed by atoms with van der Waals surface area (Å²) in [6.07, 6.45) is 2.21. The summed E-state index contributed by atoms with van der Waals surface area (Å²) in [6.45, 7) is 9.02. The number of nitrogens with zero attached hydrogens (tertiary/aromatic N) is 4. The van der Waals surface area contributed by atoms with Crippen LogP contribution >= 0.6 is 0 Å². The number of hydrogen-bond acceptors (Lipinski definition) is 6. The van der Waals surface area contributed by atoms with Crippen molar-refractivity contribution in [2.75, 3.05) is 38.0 Å². The van der Waals surface area contributed by atoms with Crippen LogP contribution in [-0.2, 0) is 4.79 Å². The summed E-state index contributed by atoms with van der Waals surface area (Å²) in [5, 5.41) is 8.22. The number of para-hydroxylation sites is 1. The Morgan fingerprint density at radius 2 is 1.83 bits per heavy atom. The maximum absolute atomic E-state index is 12.5. The number of fused-ring (bicyclic) bond motifs is 1. The molecule has 1 aromatic heterocycles. The number of aryl methyl sites for hydroxylation is 1. The second kappa shape index (κ2) is 9.87. The largest absolute Gasteiger partial charge is 0.457 e. The molecule has 0 unspecified atom stereocenters. The maximum atomic E-state index is 12.5. The quantitative estimate of drug-likeness (QED) is 0.518. The van der Waals surface area contributed by atoms with Gasteiger partial charge in [-0.15, -0.1) is 0 Å². The first-order chi connectivity index (χ1) is 17.5. The SMILES string of the molecule is C=CC(=O)N1CCN([C@H]2CCNc3c2nn(-c2ccc(Oc4ccccc4C)cc2)c3C(N)=O)CC1. The summed E-state index contributed by atoms with van der Waals surface area (Å²) < 4.78 is 7.63. The van der Waals surface area contributed by atoms with Crippen LogP contribution in [0.1, 0.15) is 34.2 Å². The van der Waals surface area contributed by atoms with Gasteiger partial charge >= 0.3 is 0 Å². The second-order valence-electron chi connectivity index (χ2n) is 9.04. The molecule has 2 aliphatic rings. The molecule has 36 heavy (non-hydrogen) atoms. The van der Waals surface area contributed by atoms with Crippen molar-refractivity contribution in [1.82, 2.24) is 19.6 Å². The van der Waals surface area contributed by atoms with Crippen molar-refractivity contribution < 1.29 is 14.3 Å². The van der Waals surface area contributed by atoms with E-state index < -0.39 is 5.91 Å². The van der Waals surface area contributed by atoms with Crippen LogP contribution in [0.2, 0.25) is 0 Å². The van der Waals surface area contributed by atoms with Gasteiger partial charge in [0.25, 0.3) is 5.91 Å². The lowest BCUT2D eigenvalue weighted by molar-refractivity contribution is -0.128. The van der Waals surface area contributed by atoms with Crippen LogP contribution in [0.3, 0.4) is 0 Å². The van der Waals surface area contributed by atoms with Crippen LogP contribution in [0.4, 0.5) is 5.69 Å². The van der Waals surface area contributed by atoms with Gasteiger partial charge in [-0.2, -0.15) is 5.10 Å². The number of carbonyl (C=O) groups is 2. The molecule has 1 atom stereocenters. The number of carbonyl (C=O) groups excluding carboxylic acids is 2. The first kappa shape index (κ1) is 23.6. The molecular weight excluding hydrogens is 456 g/mol. The molecule has 2 aromatic carbocycles. The zero-order chi connectivity index (χ0) is 25.2. The lowest BCUT2D eigenvalue weighted by atomic mass is 10.0. The molecule has 5 rings (SSSR count). The molecule has 9 heteroatoms. The number of nitrogens with one attached hydrogen (secondary N) is 1. The van der Waals surface area contributed by atoms with E-state index in [4.69, 9.17) is 15.6 Å². The number of piperazine rings is 1. The van der Waals surface area contributed by atoms with Gasteiger partial charge in [-0.05, 0) is 55.3 Å². The summed E-state index contributed by atoms with van der Waals surface area (Å²) in [5.74, 6) is 0.891. The molecule has 186 valence electrons. The summed E-state index contributed by atoms with van der Waals surface area (Å²) in [5.41, 5.74) is 9.42. The number of benzene rings is 2. The van der Waals surface area contributed by atoms with E-state index in [0.717, 1.165) is 42.2 Å². The lowest BCUT2D eigenvalue weighted by Gasteiger charge is -2.40. The molecule has 9 nitrogen and oxygen atoms in total. The summed E-state index contributed by atoms with van der Waals surface area (Å²) in [6, 6.07) is 15.3. The van der Waals surface area contributed by atoms with Crippen molar-refractivity contribution in [1.29, 1.82) is 0 Å². The number of aromatic nitrogens is 2. The number of hydrogen-bond donors (Lipinski definition) is 2. The molecule has 1 fully saturated rings. The van der Waals surface area contributed by atoms with Gasteiger partial charge < -0.3 is 20.7 Å². The van der Waals surface area contributed by atoms with Gasteiger partial charge in [0, 0.05) is 32.7 Å². The Morgan fingerprint density at radius 1 is 1.11 bits per heavy atom. The number of ether oxygens (including phenoxy) is 1.